The summed E-state index contributed by atoms with van der Waals surface area (Å²) in [6.45, 7) is 1.54. The molecule has 0 spiro atoms. The Morgan fingerprint density at radius 1 is 1.45 bits per heavy atom. The van der Waals surface area contributed by atoms with Crippen LogP contribution in [-0.2, 0) is 4.79 Å². The molecule has 0 saturated carbocycles. The molecule has 0 aliphatic heterocycles. The highest BCUT2D eigenvalue weighted by molar-refractivity contribution is 7.99. The van der Waals surface area contributed by atoms with Crippen molar-refractivity contribution in [1.82, 2.24) is 14.6 Å². The SMILES string of the molecule is C/C(N)=C(/C#N)C(=O)CSc1nnc2sc3ccccc3n12. The third kappa shape index (κ3) is 2.45. The highest BCUT2D eigenvalue weighted by Gasteiger charge is 2.16. The summed E-state index contributed by atoms with van der Waals surface area (Å²) >= 11 is 2.79. The van der Waals surface area contributed by atoms with Gasteiger partial charge in [0, 0.05) is 5.70 Å². The van der Waals surface area contributed by atoms with Crippen molar-refractivity contribution in [2.45, 2.75) is 12.1 Å². The van der Waals surface area contributed by atoms with E-state index in [1.807, 2.05) is 34.7 Å². The van der Waals surface area contributed by atoms with E-state index in [4.69, 9.17) is 11.0 Å². The fourth-order valence-corrected chi connectivity index (χ4v) is 3.86. The van der Waals surface area contributed by atoms with Crippen molar-refractivity contribution in [3.8, 4) is 6.07 Å². The summed E-state index contributed by atoms with van der Waals surface area (Å²) < 4.78 is 3.03. The van der Waals surface area contributed by atoms with Crippen molar-refractivity contribution < 1.29 is 4.79 Å². The molecule has 3 rings (SSSR count). The van der Waals surface area contributed by atoms with Crippen LogP contribution in [0.1, 0.15) is 6.92 Å². The molecule has 2 heterocycles. The van der Waals surface area contributed by atoms with Crippen LogP contribution in [0.25, 0.3) is 15.2 Å². The molecule has 0 aliphatic rings. The second-order valence-electron chi connectivity index (χ2n) is 4.55. The second kappa shape index (κ2) is 5.79. The number of thioether (sulfide) groups is 1. The van der Waals surface area contributed by atoms with Gasteiger partial charge in [0.25, 0.3) is 0 Å². The Balaban J connectivity index is 1.91. The number of aromatic nitrogens is 3. The number of carbonyl (C=O) groups is 1. The normalized spacial score (nSPS) is 12.4. The van der Waals surface area contributed by atoms with E-state index in [9.17, 15) is 4.79 Å². The standard InChI is InChI=1S/C14H11N5OS2/c1-8(16)9(6-15)11(20)7-21-13-17-18-14-19(13)10-4-2-3-5-12(10)22-14/h2-5H,7,16H2,1H3/b9-8+. The Kier molecular flexibility index (Phi) is 3.83. The number of rotatable bonds is 4. The zero-order chi connectivity index (χ0) is 15.7. The first-order chi connectivity index (χ1) is 10.6. The number of benzene rings is 1. The molecule has 8 heteroatoms. The number of nitrogens with two attached hydrogens (primary N) is 1. The summed E-state index contributed by atoms with van der Waals surface area (Å²) in [6.07, 6.45) is 0. The molecule has 0 radical (unpaired) electrons. The Bertz CT molecular complexity index is 943. The van der Waals surface area contributed by atoms with Crippen LogP contribution in [0.2, 0.25) is 0 Å². The smallest absolute Gasteiger partial charge is 0.217 e. The monoisotopic (exact) mass is 329 g/mol. The van der Waals surface area contributed by atoms with E-state index in [0.717, 1.165) is 15.2 Å². The number of carbonyl (C=O) groups excluding carboxylic acids is 1. The molecule has 0 unspecified atom stereocenters. The minimum Gasteiger partial charge on any atom is -0.401 e. The van der Waals surface area contributed by atoms with E-state index in [2.05, 4.69) is 10.2 Å². The lowest BCUT2D eigenvalue weighted by Crippen LogP contribution is -2.10. The number of Topliss-reactive ketones (excluding diaryl/α,β-unsaturated/α-hetero) is 1. The van der Waals surface area contributed by atoms with Gasteiger partial charge in [0.15, 0.2) is 10.9 Å². The fraction of sp³-hybridized carbons (Fsp3) is 0.143. The molecule has 0 atom stereocenters. The summed E-state index contributed by atoms with van der Waals surface area (Å²) in [5.74, 6) is -0.202. The van der Waals surface area contributed by atoms with E-state index >= 15 is 0 Å². The van der Waals surface area contributed by atoms with Gasteiger partial charge in [-0.2, -0.15) is 5.26 Å². The van der Waals surface area contributed by atoms with Crippen LogP contribution in [0.4, 0.5) is 0 Å². The molecule has 0 amide bonds. The first kappa shape index (κ1) is 14.6. The van der Waals surface area contributed by atoms with E-state index in [0.29, 0.717) is 5.16 Å². The van der Waals surface area contributed by atoms with Gasteiger partial charge >= 0.3 is 0 Å². The van der Waals surface area contributed by atoms with Crippen LogP contribution in [0.3, 0.4) is 0 Å². The average molecular weight is 329 g/mol. The van der Waals surface area contributed by atoms with Crippen LogP contribution in [0, 0.1) is 11.3 Å². The number of nitrogens with zero attached hydrogens (tertiary/aromatic N) is 4. The lowest BCUT2D eigenvalue weighted by atomic mass is 10.2. The largest absolute Gasteiger partial charge is 0.401 e. The molecule has 0 bridgehead atoms. The number of hydrogen-bond acceptors (Lipinski definition) is 7. The molecular formula is C14H11N5OS2. The number of para-hydroxylation sites is 1. The van der Waals surface area contributed by atoms with Gasteiger partial charge < -0.3 is 5.73 Å². The molecule has 6 nitrogen and oxygen atoms in total. The van der Waals surface area contributed by atoms with Gasteiger partial charge in [-0.05, 0) is 19.1 Å². The molecule has 2 N–H and O–H groups in total. The van der Waals surface area contributed by atoms with Gasteiger partial charge in [0.05, 0.1) is 16.0 Å². The third-order valence-corrected chi connectivity index (χ3v) is 4.97. The first-order valence-electron chi connectivity index (χ1n) is 6.37. The minimum absolute atomic E-state index is 0.00318. The average Bonchev–Trinajstić information content (AvgIpc) is 3.04. The maximum absolute atomic E-state index is 12.0. The second-order valence-corrected chi connectivity index (χ2v) is 6.50. The Morgan fingerprint density at radius 3 is 2.95 bits per heavy atom. The summed E-state index contributed by atoms with van der Waals surface area (Å²) in [7, 11) is 0. The molecular weight excluding hydrogens is 318 g/mol. The molecule has 110 valence electrons. The third-order valence-electron chi connectivity index (χ3n) is 3.03. The van der Waals surface area contributed by atoms with Gasteiger partial charge in [0.1, 0.15) is 11.6 Å². The van der Waals surface area contributed by atoms with Crippen LogP contribution in [-0.4, -0.2) is 26.1 Å². The van der Waals surface area contributed by atoms with Gasteiger partial charge in [-0.3, -0.25) is 9.20 Å². The highest BCUT2D eigenvalue weighted by atomic mass is 32.2. The Labute approximate surface area is 134 Å². The van der Waals surface area contributed by atoms with Crippen molar-refractivity contribution >= 4 is 44.1 Å². The highest BCUT2D eigenvalue weighted by Crippen LogP contribution is 2.29. The number of allylic oxidation sites excluding steroid dienone is 2. The maximum Gasteiger partial charge on any atom is 0.217 e. The number of nitriles is 1. The summed E-state index contributed by atoms with van der Waals surface area (Å²) in [5.41, 5.74) is 6.79. The predicted molar refractivity (Wildman–Crippen MR) is 86.6 cm³/mol. The molecule has 22 heavy (non-hydrogen) atoms. The van der Waals surface area contributed by atoms with Crippen molar-refractivity contribution in [2.75, 3.05) is 5.75 Å². The van der Waals surface area contributed by atoms with Crippen molar-refractivity contribution in [2.24, 2.45) is 5.73 Å². The van der Waals surface area contributed by atoms with E-state index < -0.39 is 0 Å². The van der Waals surface area contributed by atoms with E-state index in [-0.39, 0.29) is 22.8 Å². The zero-order valence-electron chi connectivity index (χ0n) is 11.6. The predicted octanol–water partition coefficient (Wildman–Crippen LogP) is 2.36. The van der Waals surface area contributed by atoms with Gasteiger partial charge in [-0.25, -0.2) is 0 Å². The van der Waals surface area contributed by atoms with Gasteiger partial charge in [0.2, 0.25) is 4.96 Å². The number of fused-ring (bicyclic) bond motifs is 3. The molecule has 3 aromatic rings. The molecule has 0 fully saturated rings. The molecule has 2 aromatic heterocycles. The lowest BCUT2D eigenvalue weighted by Gasteiger charge is -2.00. The molecule has 1 aromatic carbocycles. The van der Waals surface area contributed by atoms with Crippen LogP contribution < -0.4 is 5.73 Å². The van der Waals surface area contributed by atoms with Crippen LogP contribution in [0.15, 0.2) is 40.7 Å². The zero-order valence-corrected chi connectivity index (χ0v) is 13.2. The van der Waals surface area contributed by atoms with Gasteiger partial charge in [-0.15, -0.1) is 10.2 Å². The quantitative estimate of drug-likeness (QED) is 0.448. The topological polar surface area (TPSA) is 97.1 Å². The van der Waals surface area contributed by atoms with Crippen molar-refractivity contribution in [1.29, 1.82) is 5.26 Å². The Morgan fingerprint density at radius 2 is 2.23 bits per heavy atom. The van der Waals surface area contributed by atoms with Crippen molar-refractivity contribution in [3.63, 3.8) is 0 Å². The number of thiazole rings is 1. The first-order valence-corrected chi connectivity index (χ1v) is 8.17. The summed E-state index contributed by atoms with van der Waals surface area (Å²) in [4.78, 5) is 12.8. The fourth-order valence-electron chi connectivity index (χ4n) is 2.02. The van der Waals surface area contributed by atoms with Crippen LogP contribution >= 0.6 is 23.1 Å². The molecule has 0 aliphatic carbocycles. The number of hydrogen-bond donors (Lipinski definition) is 1. The summed E-state index contributed by atoms with van der Waals surface area (Å²) in [6, 6.07) is 9.76. The van der Waals surface area contributed by atoms with Crippen LogP contribution in [0.5, 0.6) is 0 Å². The molecule has 0 saturated heterocycles. The maximum atomic E-state index is 12.0. The minimum atomic E-state index is -0.302. The van der Waals surface area contributed by atoms with Gasteiger partial charge in [-0.1, -0.05) is 35.2 Å². The van der Waals surface area contributed by atoms with E-state index in [1.54, 1.807) is 18.3 Å². The Hall–Kier alpha value is -2.37. The van der Waals surface area contributed by atoms with E-state index in [1.165, 1.54) is 11.8 Å². The summed E-state index contributed by atoms with van der Waals surface area (Å²) in [5, 5.41) is 17.8. The number of ketones is 1. The van der Waals surface area contributed by atoms with Crippen molar-refractivity contribution in [3.05, 3.63) is 35.5 Å². The lowest BCUT2D eigenvalue weighted by molar-refractivity contribution is -0.112.